The number of piperidine rings is 1. The molecule has 1 spiro atoms. The Balaban J connectivity index is 1.29. The first-order valence-electron chi connectivity index (χ1n) is 21.3. The minimum absolute atomic E-state index is 0.0185. The molecule has 3 aliphatic rings. The van der Waals surface area contributed by atoms with Gasteiger partial charge in [-0.3, -0.25) is 29.2 Å². The van der Waals surface area contributed by atoms with E-state index in [-0.39, 0.29) is 30.0 Å². The van der Waals surface area contributed by atoms with E-state index in [1.54, 1.807) is 0 Å². The quantitative estimate of drug-likeness (QED) is 0.168. The van der Waals surface area contributed by atoms with Gasteiger partial charge in [-0.15, -0.1) is 5.10 Å². The molecule has 0 saturated carbocycles. The van der Waals surface area contributed by atoms with Crippen LogP contribution < -0.4 is 4.74 Å². The number of nitrogens with zero attached hydrogens (tertiary/aromatic N) is 3. The van der Waals surface area contributed by atoms with Gasteiger partial charge < -0.3 is 38.1 Å². The molecule has 16 heteroatoms. The Morgan fingerprint density at radius 1 is 0.918 bits per heavy atom. The first-order valence-corrected chi connectivity index (χ1v) is 21.3. The number of rotatable bonds is 14. The zero-order valence-electron chi connectivity index (χ0n) is 37.4. The predicted octanol–water partition coefficient (Wildman–Crippen LogP) is 6.16. The number of hydrogen-bond donors (Lipinski definition) is 1. The second-order valence-electron chi connectivity index (χ2n) is 17.6. The van der Waals surface area contributed by atoms with Gasteiger partial charge in [-0.1, -0.05) is 44.2 Å². The van der Waals surface area contributed by atoms with Crippen LogP contribution in [0.4, 0.5) is 4.79 Å². The number of amides is 1. The van der Waals surface area contributed by atoms with Crippen molar-refractivity contribution in [1.82, 2.24) is 20.0 Å². The third-order valence-corrected chi connectivity index (χ3v) is 11.3. The molecule has 336 valence electrons. The van der Waals surface area contributed by atoms with Crippen LogP contribution in [0.25, 0.3) is 6.08 Å². The number of aromatic nitrogens is 2. The summed E-state index contributed by atoms with van der Waals surface area (Å²) in [4.78, 5) is 65.9. The lowest BCUT2D eigenvalue weighted by atomic mass is 9.85. The number of carbonyl (C=O) groups is 5. The van der Waals surface area contributed by atoms with Gasteiger partial charge in [0.25, 0.3) is 0 Å². The number of hydrogen-bond acceptors (Lipinski definition) is 14. The fourth-order valence-corrected chi connectivity index (χ4v) is 8.50. The molecule has 3 saturated heterocycles. The number of nitrogens with one attached hydrogen (secondary N) is 1. The molecule has 1 amide bonds. The van der Waals surface area contributed by atoms with E-state index >= 15 is 0 Å². The number of aromatic amines is 1. The molecular weight excluding hydrogens is 789 g/mol. The normalized spacial score (nSPS) is 22.9. The van der Waals surface area contributed by atoms with Crippen LogP contribution in [0, 0.1) is 6.92 Å². The van der Waals surface area contributed by atoms with Gasteiger partial charge in [-0.2, -0.15) is 0 Å². The van der Waals surface area contributed by atoms with E-state index in [1.807, 2.05) is 39.5 Å². The monoisotopic (exact) mass is 852 g/mol. The van der Waals surface area contributed by atoms with Gasteiger partial charge in [-0.25, -0.2) is 4.79 Å². The summed E-state index contributed by atoms with van der Waals surface area (Å²) < 4.78 is 40.1. The van der Waals surface area contributed by atoms with E-state index in [1.165, 1.54) is 20.3 Å². The first kappa shape index (κ1) is 47.1. The van der Waals surface area contributed by atoms with E-state index in [9.17, 15) is 24.0 Å². The van der Waals surface area contributed by atoms with Crippen molar-refractivity contribution < 1.29 is 57.1 Å². The molecule has 5 rings (SSSR count). The van der Waals surface area contributed by atoms with Crippen molar-refractivity contribution in [1.29, 1.82) is 0 Å². The largest absolute Gasteiger partial charge is 0.463 e. The molecule has 1 N–H and O–H groups in total. The van der Waals surface area contributed by atoms with Crippen molar-refractivity contribution >= 4 is 36.0 Å². The number of benzene rings is 1. The topological polar surface area (TPSA) is 185 Å². The molecule has 1 aromatic carbocycles. The third kappa shape index (κ3) is 12.6. The van der Waals surface area contributed by atoms with Gasteiger partial charge in [0.2, 0.25) is 18.3 Å². The van der Waals surface area contributed by atoms with E-state index in [4.69, 9.17) is 33.2 Å². The third-order valence-electron chi connectivity index (χ3n) is 11.3. The number of carbonyl (C=O) groups excluding carboxylic acids is 5. The van der Waals surface area contributed by atoms with Crippen molar-refractivity contribution in [3.63, 3.8) is 0 Å². The van der Waals surface area contributed by atoms with Gasteiger partial charge in [0, 0.05) is 70.5 Å². The summed E-state index contributed by atoms with van der Waals surface area (Å²) >= 11 is 0. The Kier molecular flexibility index (Phi) is 15.7. The molecule has 3 aliphatic heterocycles. The Labute approximate surface area is 358 Å². The Hall–Kier alpha value is -4.96. The van der Waals surface area contributed by atoms with Crippen LogP contribution in [0.1, 0.15) is 128 Å². The van der Waals surface area contributed by atoms with E-state index < -0.39 is 60.2 Å². The lowest BCUT2D eigenvalue weighted by molar-refractivity contribution is -0.289. The summed E-state index contributed by atoms with van der Waals surface area (Å²) in [5.74, 6) is -2.62. The van der Waals surface area contributed by atoms with Gasteiger partial charge >= 0.3 is 30.0 Å². The number of esters is 4. The Morgan fingerprint density at radius 3 is 2.18 bits per heavy atom. The standard InChI is InChI=1S/C45H64N4O12/c1-27(2)37-35(41(47-46-37)60-42-40(58-32(7)53)39(57-31(6)52)38(56-30(5)51)36(59-42)26-55-29(4)50)25-34-16-15-33(24-28(34)3)14-11-12-20-49-21-13-17-45(49)18-22-48(23-19-45)43(54)61-44(8,9)10/h11,14-16,24,27,36,38-40,42H,12-13,17-23,25-26H2,1-10H3,(H,46,47). The fourth-order valence-electron chi connectivity index (χ4n) is 8.50. The maximum Gasteiger partial charge on any atom is 0.410 e. The SMILES string of the molecule is CC(=O)OCC1OC(Oc2n[nH]c(C(C)C)c2Cc2ccc(C=CCCN3CCCC34CCN(C(=O)OC(C)(C)C)CC4)cc2C)C(OC(C)=O)C(OC(C)=O)C1OC(C)=O. The average Bonchev–Trinajstić information content (AvgIpc) is 3.74. The summed E-state index contributed by atoms with van der Waals surface area (Å²) in [6.45, 7) is 19.6. The maximum atomic E-state index is 12.7. The number of ether oxygens (including phenoxy) is 7. The zero-order valence-corrected chi connectivity index (χ0v) is 37.4. The molecule has 4 heterocycles. The van der Waals surface area contributed by atoms with E-state index in [2.05, 4.69) is 52.4 Å². The number of aryl methyl sites for hydroxylation is 1. The van der Waals surface area contributed by atoms with Gasteiger partial charge in [0.05, 0.1) is 0 Å². The van der Waals surface area contributed by atoms with Crippen LogP contribution in [-0.2, 0) is 54.0 Å². The summed E-state index contributed by atoms with van der Waals surface area (Å²) in [6, 6.07) is 6.31. The molecule has 16 nitrogen and oxygen atoms in total. The van der Waals surface area contributed by atoms with Gasteiger partial charge in [-0.05, 0) is 89.0 Å². The zero-order chi connectivity index (χ0) is 44.6. The molecular formula is C45H64N4O12. The molecule has 61 heavy (non-hydrogen) atoms. The molecule has 0 bridgehead atoms. The predicted molar refractivity (Wildman–Crippen MR) is 223 cm³/mol. The molecule has 3 fully saturated rings. The number of H-pyrrole nitrogens is 1. The van der Waals surface area contributed by atoms with E-state index in [0.717, 1.165) is 80.6 Å². The van der Waals surface area contributed by atoms with Crippen molar-refractivity contribution in [2.24, 2.45) is 0 Å². The van der Waals surface area contributed by atoms with E-state index in [0.29, 0.717) is 19.5 Å². The van der Waals surface area contributed by atoms with Crippen LogP contribution in [-0.4, -0.2) is 125 Å². The highest BCUT2D eigenvalue weighted by atomic mass is 16.7. The summed E-state index contributed by atoms with van der Waals surface area (Å²) in [7, 11) is 0. The highest BCUT2D eigenvalue weighted by Crippen LogP contribution is 2.39. The van der Waals surface area contributed by atoms with Crippen molar-refractivity contribution in [3.05, 3.63) is 52.2 Å². The molecule has 1 aromatic heterocycles. The van der Waals surface area contributed by atoms with Crippen LogP contribution >= 0.6 is 0 Å². The molecule has 5 unspecified atom stereocenters. The minimum atomic E-state index is -1.42. The van der Waals surface area contributed by atoms with Crippen LogP contribution in [0.5, 0.6) is 5.88 Å². The van der Waals surface area contributed by atoms with Gasteiger partial charge in [0.15, 0.2) is 12.2 Å². The second kappa shape index (κ2) is 20.3. The minimum Gasteiger partial charge on any atom is -0.463 e. The van der Waals surface area contributed by atoms with Crippen LogP contribution in [0.15, 0.2) is 24.3 Å². The van der Waals surface area contributed by atoms with Crippen LogP contribution in [0.2, 0.25) is 0 Å². The van der Waals surface area contributed by atoms with Crippen molar-refractivity contribution in [3.8, 4) is 5.88 Å². The average molecular weight is 853 g/mol. The lowest BCUT2D eigenvalue weighted by Crippen LogP contribution is -2.63. The molecule has 0 radical (unpaired) electrons. The summed E-state index contributed by atoms with van der Waals surface area (Å²) in [5, 5.41) is 7.59. The Bertz CT molecular complexity index is 1910. The fraction of sp³-hybridized carbons (Fsp3) is 0.644. The van der Waals surface area contributed by atoms with Crippen LogP contribution in [0.3, 0.4) is 0 Å². The molecule has 0 aliphatic carbocycles. The highest BCUT2D eigenvalue weighted by Gasteiger charge is 2.54. The number of likely N-dealkylation sites (tertiary alicyclic amines) is 2. The van der Waals surface area contributed by atoms with Gasteiger partial charge in [0.1, 0.15) is 18.3 Å². The lowest BCUT2D eigenvalue weighted by Gasteiger charge is -2.45. The highest BCUT2D eigenvalue weighted by molar-refractivity contribution is 5.69. The second-order valence-corrected chi connectivity index (χ2v) is 17.6. The molecule has 5 atom stereocenters. The maximum absolute atomic E-state index is 12.7. The first-order chi connectivity index (χ1) is 28.7. The Morgan fingerprint density at radius 2 is 1.57 bits per heavy atom. The van der Waals surface area contributed by atoms with Crippen molar-refractivity contribution in [2.45, 2.75) is 156 Å². The van der Waals surface area contributed by atoms with Crippen molar-refractivity contribution in [2.75, 3.05) is 32.8 Å². The molecule has 2 aromatic rings. The summed E-state index contributed by atoms with van der Waals surface area (Å²) in [6.07, 6.45) is 3.08. The summed E-state index contributed by atoms with van der Waals surface area (Å²) in [5.41, 5.74) is 4.37. The smallest absolute Gasteiger partial charge is 0.410 e.